The standard InChI is InChI=1S/C15H18BrNO2/c1-4-15(5-2,6-3)17-14(18)11-19-13-9-7-12(16)8-10-13/h1,7-10H,5-6,11H2,2-3H3,(H,17,18). The Morgan fingerprint density at radius 3 is 2.42 bits per heavy atom. The van der Waals surface area contributed by atoms with Crippen molar-refractivity contribution in [3.8, 4) is 18.1 Å². The fraction of sp³-hybridized carbons (Fsp3) is 0.400. The van der Waals surface area contributed by atoms with Crippen molar-refractivity contribution < 1.29 is 9.53 Å². The van der Waals surface area contributed by atoms with Gasteiger partial charge in [-0.15, -0.1) is 6.42 Å². The second-order valence-corrected chi connectivity index (χ2v) is 5.14. The maximum absolute atomic E-state index is 11.8. The maximum Gasteiger partial charge on any atom is 0.259 e. The van der Waals surface area contributed by atoms with Crippen LogP contribution in [0.4, 0.5) is 0 Å². The molecule has 0 aliphatic rings. The number of amides is 1. The molecule has 0 aliphatic carbocycles. The third-order valence-electron chi connectivity index (χ3n) is 3.05. The number of halogens is 1. The van der Waals surface area contributed by atoms with Crippen LogP contribution in [0.3, 0.4) is 0 Å². The van der Waals surface area contributed by atoms with Gasteiger partial charge >= 0.3 is 0 Å². The van der Waals surface area contributed by atoms with Crippen LogP contribution in [0, 0.1) is 12.3 Å². The van der Waals surface area contributed by atoms with Crippen molar-refractivity contribution in [1.82, 2.24) is 5.32 Å². The summed E-state index contributed by atoms with van der Waals surface area (Å²) in [6.45, 7) is 3.88. The Labute approximate surface area is 122 Å². The fourth-order valence-electron chi connectivity index (χ4n) is 1.65. The third-order valence-corrected chi connectivity index (χ3v) is 3.57. The molecule has 0 atom stereocenters. The molecule has 0 spiro atoms. The van der Waals surface area contributed by atoms with Crippen LogP contribution < -0.4 is 10.1 Å². The van der Waals surface area contributed by atoms with Crippen molar-refractivity contribution in [3.63, 3.8) is 0 Å². The number of carbonyl (C=O) groups is 1. The predicted octanol–water partition coefficient (Wildman–Crippen LogP) is 3.14. The highest BCUT2D eigenvalue weighted by molar-refractivity contribution is 9.10. The van der Waals surface area contributed by atoms with Crippen LogP contribution in [-0.4, -0.2) is 18.1 Å². The molecule has 1 aromatic carbocycles. The predicted molar refractivity (Wildman–Crippen MR) is 79.9 cm³/mol. The molecule has 0 saturated carbocycles. The monoisotopic (exact) mass is 323 g/mol. The molecule has 0 unspecified atom stereocenters. The first kappa shape index (κ1) is 15.6. The largest absolute Gasteiger partial charge is 0.484 e. The minimum atomic E-state index is -0.569. The summed E-state index contributed by atoms with van der Waals surface area (Å²) in [6, 6.07) is 7.31. The average molecular weight is 324 g/mol. The Bertz CT molecular complexity index is 458. The second kappa shape index (κ2) is 7.20. The molecule has 3 nitrogen and oxygen atoms in total. The van der Waals surface area contributed by atoms with Crippen LogP contribution in [0.5, 0.6) is 5.75 Å². The van der Waals surface area contributed by atoms with Crippen molar-refractivity contribution in [2.45, 2.75) is 32.2 Å². The molecular weight excluding hydrogens is 306 g/mol. The number of hydrogen-bond acceptors (Lipinski definition) is 2. The van der Waals surface area contributed by atoms with Crippen LogP contribution in [0.1, 0.15) is 26.7 Å². The zero-order chi connectivity index (χ0) is 14.3. The quantitative estimate of drug-likeness (QED) is 0.817. The van der Waals surface area contributed by atoms with E-state index < -0.39 is 5.54 Å². The summed E-state index contributed by atoms with van der Waals surface area (Å²) in [7, 11) is 0. The first-order chi connectivity index (χ1) is 9.05. The van der Waals surface area contributed by atoms with Gasteiger partial charge in [0.25, 0.3) is 5.91 Å². The number of terminal acetylenes is 1. The van der Waals surface area contributed by atoms with E-state index in [0.717, 1.165) is 4.47 Å². The molecule has 1 amide bonds. The lowest BCUT2D eigenvalue weighted by atomic mass is 9.94. The second-order valence-electron chi connectivity index (χ2n) is 4.22. The number of ether oxygens (including phenoxy) is 1. The number of nitrogens with one attached hydrogen (secondary N) is 1. The van der Waals surface area contributed by atoms with Crippen molar-refractivity contribution >= 4 is 21.8 Å². The van der Waals surface area contributed by atoms with Crippen LogP contribution in [0.2, 0.25) is 0 Å². The number of carbonyl (C=O) groups excluding carboxylic acids is 1. The summed E-state index contributed by atoms with van der Waals surface area (Å²) >= 11 is 3.34. The Morgan fingerprint density at radius 2 is 1.95 bits per heavy atom. The van der Waals surface area contributed by atoms with E-state index >= 15 is 0 Å². The van der Waals surface area contributed by atoms with Crippen molar-refractivity contribution in [1.29, 1.82) is 0 Å². The SMILES string of the molecule is C#CC(CC)(CC)NC(=O)COc1ccc(Br)cc1. The molecule has 4 heteroatoms. The van der Waals surface area contributed by atoms with E-state index in [0.29, 0.717) is 18.6 Å². The molecule has 0 aliphatic heterocycles. The molecule has 1 rings (SSSR count). The molecule has 102 valence electrons. The smallest absolute Gasteiger partial charge is 0.259 e. The van der Waals surface area contributed by atoms with Gasteiger partial charge in [-0.2, -0.15) is 0 Å². The molecule has 0 saturated heterocycles. The zero-order valence-corrected chi connectivity index (χ0v) is 12.8. The minimum absolute atomic E-state index is 0.0366. The number of benzene rings is 1. The lowest BCUT2D eigenvalue weighted by molar-refractivity contribution is -0.124. The molecular formula is C15H18BrNO2. The van der Waals surface area contributed by atoms with Gasteiger partial charge in [0.1, 0.15) is 11.3 Å². The topological polar surface area (TPSA) is 38.3 Å². The first-order valence-corrected chi connectivity index (χ1v) is 7.01. The van der Waals surface area contributed by atoms with E-state index in [9.17, 15) is 4.79 Å². The number of hydrogen-bond donors (Lipinski definition) is 1. The normalized spacial score (nSPS) is 10.6. The lowest BCUT2D eigenvalue weighted by Gasteiger charge is -2.26. The number of rotatable bonds is 6. The van der Waals surface area contributed by atoms with E-state index in [1.165, 1.54) is 0 Å². The van der Waals surface area contributed by atoms with E-state index in [2.05, 4.69) is 27.2 Å². The summed E-state index contributed by atoms with van der Waals surface area (Å²) in [5, 5.41) is 2.85. The van der Waals surface area contributed by atoms with Crippen LogP contribution >= 0.6 is 15.9 Å². The lowest BCUT2D eigenvalue weighted by Crippen LogP contribution is -2.48. The van der Waals surface area contributed by atoms with Crippen LogP contribution in [0.25, 0.3) is 0 Å². The van der Waals surface area contributed by atoms with Gasteiger partial charge in [-0.05, 0) is 37.1 Å². The highest BCUT2D eigenvalue weighted by Crippen LogP contribution is 2.16. The Balaban J connectivity index is 2.52. The van der Waals surface area contributed by atoms with E-state index in [4.69, 9.17) is 11.2 Å². The van der Waals surface area contributed by atoms with Gasteiger partial charge in [-0.25, -0.2) is 0 Å². The first-order valence-electron chi connectivity index (χ1n) is 6.22. The fourth-order valence-corrected chi connectivity index (χ4v) is 1.91. The van der Waals surface area contributed by atoms with Crippen molar-refractivity contribution in [3.05, 3.63) is 28.7 Å². The molecule has 1 N–H and O–H groups in total. The summed E-state index contributed by atoms with van der Waals surface area (Å²) in [5.41, 5.74) is -0.569. The third kappa shape index (κ3) is 4.60. The molecule has 0 fully saturated rings. The van der Waals surface area contributed by atoms with Gasteiger partial charge in [0.2, 0.25) is 0 Å². The highest BCUT2D eigenvalue weighted by Gasteiger charge is 2.25. The van der Waals surface area contributed by atoms with Crippen molar-refractivity contribution in [2.75, 3.05) is 6.61 Å². The average Bonchev–Trinajstić information content (AvgIpc) is 2.44. The Kier molecular flexibility index (Phi) is 5.91. The highest BCUT2D eigenvalue weighted by atomic mass is 79.9. The summed E-state index contributed by atoms with van der Waals surface area (Å²) in [4.78, 5) is 11.8. The van der Waals surface area contributed by atoms with Gasteiger partial charge in [0, 0.05) is 4.47 Å². The van der Waals surface area contributed by atoms with Crippen LogP contribution in [-0.2, 0) is 4.79 Å². The molecule has 0 aromatic heterocycles. The Morgan fingerprint density at radius 1 is 1.37 bits per heavy atom. The maximum atomic E-state index is 11.8. The molecule has 1 aromatic rings. The van der Waals surface area contributed by atoms with E-state index in [-0.39, 0.29) is 12.5 Å². The van der Waals surface area contributed by atoms with Gasteiger partial charge < -0.3 is 10.1 Å². The van der Waals surface area contributed by atoms with Gasteiger partial charge in [0.15, 0.2) is 6.61 Å². The molecule has 19 heavy (non-hydrogen) atoms. The molecule has 0 radical (unpaired) electrons. The summed E-state index contributed by atoms with van der Waals surface area (Å²) in [5.74, 6) is 3.10. The van der Waals surface area contributed by atoms with Gasteiger partial charge in [-0.3, -0.25) is 4.79 Å². The summed E-state index contributed by atoms with van der Waals surface area (Å²) in [6.07, 6.45) is 6.89. The zero-order valence-electron chi connectivity index (χ0n) is 11.2. The Hall–Kier alpha value is -1.47. The van der Waals surface area contributed by atoms with Gasteiger partial charge in [0.05, 0.1) is 0 Å². The molecule has 0 heterocycles. The minimum Gasteiger partial charge on any atom is -0.484 e. The van der Waals surface area contributed by atoms with E-state index in [1.807, 2.05) is 26.0 Å². The van der Waals surface area contributed by atoms with Crippen LogP contribution in [0.15, 0.2) is 28.7 Å². The van der Waals surface area contributed by atoms with E-state index in [1.54, 1.807) is 12.1 Å². The molecule has 0 bridgehead atoms. The van der Waals surface area contributed by atoms with Gasteiger partial charge in [-0.1, -0.05) is 35.7 Å². The van der Waals surface area contributed by atoms with Crippen molar-refractivity contribution in [2.24, 2.45) is 0 Å². The summed E-state index contributed by atoms with van der Waals surface area (Å²) < 4.78 is 6.37.